The van der Waals surface area contributed by atoms with Crippen molar-refractivity contribution in [3.63, 3.8) is 0 Å². The predicted octanol–water partition coefficient (Wildman–Crippen LogP) is 3.42. The van der Waals surface area contributed by atoms with Gasteiger partial charge in [0.15, 0.2) is 0 Å². The van der Waals surface area contributed by atoms with E-state index in [4.69, 9.17) is 4.74 Å². The van der Waals surface area contributed by atoms with Gasteiger partial charge in [-0.15, -0.1) is 0 Å². The maximum atomic E-state index is 5.38. The smallest absolute Gasteiger partial charge is 0.126 e. The fraction of sp³-hybridized carbons (Fsp3) is 0.200. The third-order valence-corrected chi connectivity index (χ3v) is 2.46. The molecule has 1 aliphatic heterocycles. The van der Waals surface area contributed by atoms with Gasteiger partial charge in [-0.3, -0.25) is 0 Å². The lowest BCUT2D eigenvalue weighted by molar-refractivity contribution is 0.173. The maximum Gasteiger partial charge on any atom is 0.126 e. The highest BCUT2D eigenvalue weighted by Crippen LogP contribution is 2.27. The Kier molecular flexibility index (Phi) is 2.17. The molecule has 0 unspecified atom stereocenters. The van der Waals surface area contributed by atoms with Gasteiger partial charge in [0.1, 0.15) is 6.10 Å². The van der Waals surface area contributed by atoms with Gasteiger partial charge in [0.2, 0.25) is 0 Å². The quantitative estimate of drug-likeness (QED) is 0.711. The zero-order valence-corrected chi connectivity index (χ0v) is 8.12. The van der Waals surface area contributed by atoms with Crippen LogP contribution < -0.4 is 0 Å². The Hall–Kier alpha value is -0.760. The number of ether oxygens (including phenoxy) is 1. The Labute approximate surface area is 80.2 Å². The SMILES string of the molecule is Brc1ccc([C@@H]2CC=CO2)cc1. The van der Waals surface area contributed by atoms with Crippen molar-refractivity contribution in [2.24, 2.45) is 0 Å². The number of hydrogen-bond acceptors (Lipinski definition) is 1. The molecule has 2 rings (SSSR count). The van der Waals surface area contributed by atoms with Crippen LogP contribution >= 0.6 is 15.9 Å². The van der Waals surface area contributed by atoms with Gasteiger partial charge in [0.05, 0.1) is 6.26 Å². The molecule has 1 heterocycles. The maximum absolute atomic E-state index is 5.38. The van der Waals surface area contributed by atoms with Crippen molar-refractivity contribution >= 4 is 15.9 Å². The van der Waals surface area contributed by atoms with Gasteiger partial charge in [-0.2, -0.15) is 0 Å². The van der Waals surface area contributed by atoms with Crippen LogP contribution in [0.2, 0.25) is 0 Å². The summed E-state index contributed by atoms with van der Waals surface area (Å²) in [6.07, 6.45) is 5.04. The second-order valence-corrected chi connectivity index (χ2v) is 3.70. The molecule has 0 saturated carbocycles. The van der Waals surface area contributed by atoms with Crippen LogP contribution in [0.15, 0.2) is 41.1 Å². The van der Waals surface area contributed by atoms with Gasteiger partial charge in [-0.1, -0.05) is 28.1 Å². The minimum Gasteiger partial charge on any atom is -0.493 e. The second kappa shape index (κ2) is 3.31. The topological polar surface area (TPSA) is 9.23 Å². The molecule has 62 valence electrons. The molecule has 1 aromatic carbocycles. The molecular formula is C10H9BrO. The molecular weight excluding hydrogens is 216 g/mol. The summed E-state index contributed by atoms with van der Waals surface area (Å²) in [5.41, 5.74) is 1.24. The molecule has 0 aromatic heterocycles. The van der Waals surface area contributed by atoms with Crippen molar-refractivity contribution in [2.45, 2.75) is 12.5 Å². The first kappa shape index (κ1) is 7.87. The first-order chi connectivity index (χ1) is 5.86. The summed E-state index contributed by atoms with van der Waals surface area (Å²) in [4.78, 5) is 0. The molecule has 0 bridgehead atoms. The van der Waals surface area contributed by atoms with Gasteiger partial charge in [-0.25, -0.2) is 0 Å². The van der Waals surface area contributed by atoms with E-state index in [1.807, 2.05) is 18.2 Å². The number of benzene rings is 1. The molecule has 0 radical (unpaired) electrons. The molecule has 0 aliphatic carbocycles. The average molecular weight is 225 g/mol. The summed E-state index contributed by atoms with van der Waals surface area (Å²) >= 11 is 3.40. The molecule has 0 N–H and O–H groups in total. The first-order valence-electron chi connectivity index (χ1n) is 3.92. The van der Waals surface area contributed by atoms with Crippen LogP contribution in [0.4, 0.5) is 0 Å². The highest BCUT2D eigenvalue weighted by atomic mass is 79.9. The lowest BCUT2D eigenvalue weighted by atomic mass is 10.1. The Balaban J connectivity index is 2.18. The summed E-state index contributed by atoms with van der Waals surface area (Å²) in [5, 5.41) is 0. The molecule has 2 heteroatoms. The fourth-order valence-corrected chi connectivity index (χ4v) is 1.54. The van der Waals surface area contributed by atoms with E-state index in [-0.39, 0.29) is 6.10 Å². The van der Waals surface area contributed by atoms with Crippen LogP contribution in [-0.2, 0) is 4.74 Å². The Bertz CT molecular complexity index is 281. The first-order valence-corrected chi connectivity index (χ1v) is 4.71. The molecule has 1 aromatic rings. The summed E-state index contributed by atoms with van der Waals surface area (Å²) in [6.45, 7) is 0. The zero-order chi connectivity index (χ0) is 8.39. The van der Waals surface area contributed by atoms with Gasteiger partial charge in [0, 0.05) is 10.9 Å². The van der Waals surface area contributed by atoms with Crippen molar-refractivity contribution in [1.29, 1.82) is 0 Å². The number of halogens is 1. The van der Waals surface area contributed by atoms with Crippen molar-refractivity contribution in [3.05, 3.63) is 46.6 Å². The van der Waals surface area contributed by atoms with Crippen molar-refractivity contribution in [3.8, 4) is 0 Å². The minimum absolute atomic E-state index is 0.234. The van der Waals surface area contributed by atoms with E-state index in [1.165, 1.54) is 5.56 Å². The zero-order valence-electron chi connectivity index (χ0n) is 6.53. The Morgan fingerprint density at radius 3 is 2.58 bits per heavy atom. The Morgan fingerprint density at radius 1 is 1.25 bits per heavy atom. The summed E-state index contributed by atoms with van der Waals surface area (Å²) in [6, 6.07) is 8.25. The summed E-state index contributed by atoms with van der Waals surface area (Å²) in [7, 11) is 0. The predicted molar refractivity (Wildman–Crippen MR) is 51.7 cm³/mol. The lowest BCUT2D eigenvalue weighted by Crippen LogP contribution is -1.93. The molecule has 1 atom stereocenters. The molecule has 0 fully saturated rings. The van der Waals surface area contributed by atoms with E-state index in [2.05, 4.69) is 28.1 Å². The molecule has 0 spiro atoms. The minimum atomic E-state index is 0.234. The highest BCUT2D eigenvalue weighted by molar-refractivity contribution is 9.10. The van der Waals surface area contributed by atoms with Crippen molar-refractivity contribution < 1.29 is 4.74 Å². The van der Waals surface area contributed by atoms with Gasteiger partial charge >= 0.3 is 0 Å². The van der Waals surface area contributed by atoms with Crippen LogP contribution in [0.5, 0.6) is 0 Å². The fourth-order valence-electron chi connectivity index (χ4n) is 1.28. The van der Waals surface area contributed by atoms with Gasteiger partial charge < -0.3 is 4.74 Å². The summed E-state index contributed by atoms with van der Waals surface area (Å²) in [5.74, 6) is 0. The van der Waals surface area contributed by atoms with E-state index in [9.17, 15) is 0 Å². The number of rotatable bonds is 1. The van der Waals surface area contributed by atoms with Crippen LogP contribution in [-0.4, -0.2) is 0 Å². The molecule has 1 aliphatic rings. The molecule has 0 saturated heterocycles. The van der Waals surface area contributed by atoms with Crippen molar-refractivity contribution in [1.82, 2.24) is 0 Å². The van der Waals surface area contributed by atoms with E-state index >= 15 is 0 Å². The van der Waals surface area contributed by atoms with E-state index < -0.39 is 0 Å². The molecule has 0 amide bonds. The van der Waals surface area contributed by atoms with E-state index in [0.717, 1.165) is 10.9 Å². The van der Waals surface area contributed by atoms with Crippen molar-refractivity contribution in [2.75, 3.05) is 0 Å². The molecule has 1 nitrogen and oxygen atoms in total. The normalized spacial score (nSPS) is 20.9. The monoisotopic (exact) mass is 224 g/mol. The van der Waals surface area contributed by atoms with Crippen LogP contribution in [0.25, 0.3) is 0 Å². The lowest BCUT2D eigenvalue weighted by Gasteiger charge is -2.09. The Morgan fingerprint density at radius 2 is 2.00 bits per heavy atom. The second-order valence-electron chi connectivity index (χ2n) is 2.78. The van der Waals surface area contributed by atoms with Gasteiger partial charge in [-0.05, 0) is 23.8 Å². The van der Waals surface area contributed by atoms with E-state index in [1.54, 1.807) is 6.26 Å². The highest BCUT2D eigenvalue weighted by Gasteiger charge is 2.12. The standard InChI is InChI=1S/C10H9BrO/c11-9-5-3-8(4-6-9)10-2-1-7-12-10/h1,3-7,10H,2H2/t10-/m0/s1. The number of hydrogen-bond donors (Lipinski definition) is 0. The largest absolute Gasteiger partial charge is 0.493 e. The average Bonchev–Trinajstić information content (AvgIpc) is 2.58. The summed E-state index contributed by atoms with van der Waals surface area (Å²) < 4.78 is 6.49. The van der Waals surface area contributed by atoms with Crippen LogP contribution in [0.1, 0.15) is 18.1 Å². The third-order valence-electron chi connectivity index (χ3n) is 1.93. The van der Waals surface area contributed by atoms with Gasteiger partial charge in [0.25, 0.3) is 0 Å². The molecule has 12 heavy (non-hydrogen) atoms. The third kappa shape index (κ3) is 1.53. The van der Waals surface area contributed by atoms with E-state index in [0.29, 0.717) is 0 Å². The van der Waals surface area contributed by atoms with Crippen LogP contribution in [0, 0.1) is 0 Å². The van der Waals surface area contributed by atoms with Crippen LogP contribution in [0.3, 0.4) is 0 Å².